The highest BCUT2D eigenvalue weighted by Gasteiger charge is 2.06. The van der Waals surface area contributed by atoms with Crippen molar-refractivity contribution in [1.29, 1.82) is 0 Å². The number of hydrogen-bond donors (Lipinski definition) is 3. The lowest BCUT2D eigenvalue weighted by Gasteiger charge is -2.05. The van der Waals surface area contributed by atoms with E-state index in [9.17, 15) is 10.2 Å². The first-order valence-corrected chi connectivity index (χ1v) is 6.82. The van der Waals surface area contributed by atoms with Gasteiger partial charge in [0.15, 0.2) is 0 Å². The minimum absolute atomic E-state index is 0.363. The minimum atomic E-state index is -0.458. The Labute approximate surface area is 119 Å². The van der Waals surface area contributed by atoms with Gasteiger partial charge in [-0.2, -0.15) is 0 Å². The zero-order valence-corrected chi connectivity index (χ0v) is 11.8. The molecule has 0 amide bonds. The third kappa shape index (κ3) is 3.93. The molecule has 2 aromatic rings. The van der Waals surface area contributed by atoms with Crippen LogP contribution in [0.1, 0.15) is 31.3 Å². The van der Waals surface area contributed by atoms with Crippen LogP contribution in [-0.4, -0.2) is 22.9 Å². The van der Waals surface area contributed by atoms with Crippen molar-refractivity contribution in [3.63, 3.8) is 0 Å². The molecular formula is C16H21NO3. The molecule has 0 saturated carbocycles. The molecule has 0 spiro atoms. The predicted octanol–water partition coefficient (Wildman–Crippen LogP) is 2.47. The highest BCUT2D eigenvalue weighted by atomic mass is 16.3. The molecule has 4 heteroatoms. The van der Waals surface area contributed by atoms with Gasteiger partial charge in [0, 0.05) is 12.1 Å². The fourth-order valence-corrected chi connectivity index (χ4v) is 1.96. The van der Waals surface area contributed by atoms with Crippen LogP contribution in [0.4, 0.5) is 0 Å². The summed E-state index contributed by atoms with van der Waals surface area (Å²) < 4.78 is 5.75. The summed E-state index contributed by atoms with van der Waals surface area (Å²) >= 11 is 0. The largest absolute Gasteiger partial charge is 0.460 e. The van der Waals surface area contributed by atoms with Crippen LogP contribution in [0.3, 0.4) is 0 Å². The van der Waals surface area contributed by atoms with Gasteiger partial charge < -0.3 is 19.9 Å². The van der Waals surface area contributed by atoms with Crippen LogP contribution in [0.2, 0.25) is 0 Å². The Morgan fingerprint density at radius 3 is 2.35 bits per heavy atom. The van der Waals surface area contributed by atoms with Crippen molar-refractivity contribution < 1.29 is 14.6 Å². The van der Waals surface area contributed by atoms with Gasteiger partial charge in [0.2, 0.25) is 0 Å². The molecule has 2 atom stereocenters. The first-order chi connectivity index (χ1) is 9.56. The molecule has 0 fully saturated rings. The van der Waals surface area contributed by atoms with Crippen LogP contribution in [0.15, 0.2) is 40.8 Å². The summed E-state index contributed by atoms with van der Waals surface area (Å²) in [7, 11) is 0. The van der Waals surface area contributed by atoms with E-state index in [-0.39, 0.29) is 6.10 Å². The van der Waals surface area contributed by atoms with Crippen LogP contribution < -0.4 is 5.32 Å². The number of hydrogen-bond acceptors (Lipinski definition) is 4. The van der Waals surface area contributed by atoms with Gasteiger partial charge in [-0.05, 0) is 31.5 Å². The Morgan fingerprint density at radius 1 is 1.05 bits per heavy atom. The summed E-state index contributed by atoms with van der Waals surface area (Å²) in [5, 5.41) is 21.8. The van der Waals surface area contributed by atoms with E-state index >= 15 is 0 Å². The van der Waals surface area contributed by atoms with E-state index in [1.165, 1.54) is 0 Å². The molecule has 108 valence electrons. The van der Waals surface area contributed by atoms with Gasteiger partial charge >= 0.3 is 0 Å². The highest BCUT2D eigenvalue weighted by molar-refractivity contribution is 5.58. The number of benzene rings is 1. The first-order valence-electron chi connectivity index (χ1n) is 6.82. The van der Waals surface area contributed by atoms with Gasteiger partial charge in [0.1, 0.15) is 11.5 Å². The molecular weight excluding hydrogens is 254 g/mol. The van der Waals surface area contributed by atoms with Gasteiger partial charge in [0.05, 0.1) is 18.8 Å². The summed E-state index contributed by atoms with van der Waals surface area (Å²) in [6.07, 6.45) is -0.821. The molecule has 4 nitrogen and oxygen atoms in total. The second-order valence-corrected chi connectivity index (χ2v) is 5.04. The maximum absolute atomic E-state index is 9.48. The summed E-state index contributed by atoms with van der Waals surface area (Å²) in [5.74, 6) is 1.64. The Morgan fingerprint density at radius 2 is 1.75 bits per heavy atom. The molecule has 0 aliphatic heterocycles. The van der Waals surface area contributed by atoms with E-state index < -0.39 is 6.10 Å². The standard InChI is InChI=1S/C16H21NO3/c1-11(18)9-17-10-15-7-8-16(20-15)14-5-3-13(4-6-14)12(2)19/h3-8,11-12,17-19H,9-10H2,1-2H3/t11-,12+/m1/s1. The van der Waals surface area contributed by atoms with Gasteiger partial charge in [-0.1, -0.05) is 24.3 Å². The van der Waals surface area contributed by atoms with Crippen molar-refractivity contribution in [1.82, 2.24) is 5.32 Å². The molecule has 1 heterocycles. The maximum atomic E-state index is 9.48. The molecule has 0 saturated heterocycles. The Kier molecular flexibility index (Phi) is 4.95. The fourth-order valence-electron chi connectivity index (χ4n) is 1.96. The normalized spacial score (nSPS) is 14.2. The van der Waals surface area contributed by atoms with Crippen LogP contribution in [0.5, 0.6) is 0 Å². The summed E-state index contributed by atoms with van der Waals surface area (Å²) in [6, 6.07) is 11.5. The summed E-state index contributed by atoms with van der Waals surface area (Å²) in [6.45, 7) is 4.62. The van der Waals surface area contributed by atoms with Gasteiger partial charge in [-0.25, -0.2) is 0 Å². The monoisotopic (exact) mass is 275 g/mol. The fraction of sp³-hybridized carbons (Fsp3) is 0.375. The third-order valence-electron chi connectivity index (χ3n) is 3.08. The Hall–Kier alpha value is -1.62. The number of nitrogens with one attached hydrogen (secondary N) is 1. The van der Waals surface area contributed by atoms with E-state index in [0.29, 0.717) is 13.1 Å². The molecule has 0 bridgehead atoms. The second-order valence-electron chi connectivity index (χ2n) is 5.04. The third-order valence-corrected chi connectivity index (χ3v) is 3.08. The van der Waals surface area contributed by atoms with Crippen molar-refractivity contribution in [2.24, 2.45) is 0 Å². The van der Waals surface area contributed by atoms with Crippen molar-refractivity contribution >= 4 is 0 Å². The quantitative estimate of drug-likeness (QED) is 0.757. The van der Waals surface area contributed by atoms with E-state index in [4.69, 9.17) is 4.42 Å². The van der Waals surface area contributed by atoms with E-state index in [1.54, 1.807) is 13.8 Å². The number of aliphatic hydroxyl groups is 2. The average molecular weight is 275 g/mol. The molecule has 1 aromatic heterocycles. The molecule has 2 rings (SSSR count). The SMILES string of the molecule is C[C@H](O)c1ccc(-c2ccc(CNC[C@@H](C)O)o2)cc1. The van der Waals surface area contributed by atoms with Crippen LogP contribution in [0, 0.1) is 0 Å². The maximum Gasteiger partial charge on any atom is 0.134 e. The second kappa shape index (κ2) is 6.70. The van der Waals surface area contributed by atoms with Crippen molar-refractivity contribution in [2.45, 2.75) is 32.6 Å². The minimum Gasteiger partial charge on any atom is -0.460 e. The smallest absolute Gasteiger partial charge is 0.134 e. The molecule has 0 radical (unpaired) electrons. The number of rotatable bonds is 6. The number of aliphatic hydroxyl groups excluding tert-OH is 2. The predicted molar refractivity (Wildman–Crippen MR) is 78.2 cm³/mol. The lowest BCUT2D eigenvalue weighted by atomic mass is 10.1. The summed E-state index contributed by atoms with van der Waals surface area (Å²) in [5.41, 5.74) is 1.87. The van der Waals surface area contributed by atoms with E-state index in [1.807, 2.05) is 36.4 Å². The van der Waals surface area contributed by atoms with Crippen molar-refractivity contribution in [3.05, 3.63) is 47.7 Å². The topological polar surface area (TPSA) is 65.6 Å². The van der Waals surface area contributed by atoms with Gasteiger partial charge in [0.25, 0.3) is 0 Å². The number of furan rings is 1. The van der Waals surface area contributed by atoms with Crippen LogP contribution in [-0.2, 0) is 6.54 Å². The van der Waals surface area contributed by atoms with Gasteiger partial charge in [-0.3, -0.25) is 0 Å². The Balaban J connectivity index is 2.01. The van der Waals surface area contributed by atoms with Crippen LogP contribution in [0.25, 0.3) is 11.3 Å². The molecule has 0 unspecified atom stereocenters. The van der Waals surface area contributed by atoms with Crippen molar-refractivity contribution in [3.8, 4) is 11.3 Å². The molecule has 3 N–H and O–H groups in total. The lowest BCUT2D eigenvalue weighted by molar-refractivity contribution is 0.190. The molecule has 1 aromatic carbocycles. The zero-order chi connectivity index (χ0) is 14.5. The summed E-state index contributed by atoms with van der Waals surface area (Å²) in [4.78, 5) is 0. The van der Waals surface area contributed by atoms with Crippen LogP contribution >= 0.6 is 0 Å². The lowest BCUT2D eigenvalue weighted by Crippen LogP contribution is -2.23. The highest BCUT2D eigenvalue weighted by Crippen LogP contribution is 2.24. The zero-order valence-electron chi connectivity index (χ0n) is 11.8. The average Bonchev–Trinajstić information content (AvgIpc) is 2.87. The van der Waals surface area contributed by atoms with Crippen molar-refractivity contribution in [2.75, 3.05) is 6.54 Å². The molecule has 0 aliphatic carbocycles. The Bertz CT molecular complexity index is 529. The van der Waals surface area contributed by atoms with E-state index in [0.717, 1.165) is 22.6 Å². The molecule has 0 aliphatic rings. The molecule has 20 heavy (non-hydrogen) atoms. The van der Waals surface area contributed by atoms with E-state index in [2.05, 4.69) is 5.32 Å². The van der Waals surface area contributed by atoms with Gasteiger partial charge in [-0.15, -0.1) is 0 Å². The first kappa shape index (κ1) is 14.8.